The second-order valence-corrected chi connectivity index (χ2v) is 4.15. The predicted octanol–water partition coefficient (Wildman–Crippen LogP) is 2.93. The van der Waals surface area contributed by atoms with E-state index in [-0.39, 0.29) is 30.6 Å². The quantitative estimate of drug-likeness (QED) is 0.266. The third-order valence-electron chi connectivity index (χ3n) is 2.32. The molecule has 0 bridgehead atoms. The normalized spacial score (nSPS) is 11.9. The van der Waals surface area contributed by atoms with Crippen LogP contribution in [0.25, 0.3) is 0 Å². The summed E-state index contributed by atoms with van der Waals surface area (Å²) < 4.78 is 39.8. The van der Waals surface area contributed by atoms with Crippen LogP contribution in [0.3, 0.4) is 0 Å². The van der Waals surface area contributed by atoms with Crippen molar-refractivity contribution >= 4 is 29.9 Å². The van der Waals surface area contributed by atoms with Crippen molar-refractivity contribution in [3.63, 3.8) is 0 Å². The van der Waals surface area contributed by atoms with Gasteiger partial charge in [-0.15, -0.1) is 24.0 Å². The number of hydrogen-bond donors (Lipinski definition) is 2. The van der Waals surface area contributed by atoms with Crippen LogP contribution in [0.1, 0.15) is 32.6 Å². The smallest absolute Gasteiger partial charge is 0.372 e. The maximum atomic E-state index is 11.8. The summed E-state index contributed by atoms with van der Waals surface area (Å²) in [6.45, 7) is 2.41. The predicted molar refractivity (Wildman–Crippen MR) is 85.8 cm³/mol. The third kappa shape index (κ3) is 15.8. The molecule has 0 atom stereocenters. The molecule has 0 aliphatic rings. The van der Waals surface area contributed by atoms with Crippen molar-refractivity contribution in [1.82, 2.24) is 10.6 Å². The molecule has 0 saturated heterocycles. The highest BCUT2D eigenvalue weighted by molar-refractivity contribution is 14.0. The van der Waals surface area contributed by atoms with E-state index in [1.165, 1.54) is 0 Å². The summed E-state index contributed by atoms with van der Waals surface area (Å²) >= 11 is 0. The van der Waals surface area contributed by atoms with Crippen LogP contribution in [0.15, 0.2) is 4.99 Å². The Labute approximate surface area is 136 Å². The van der Waals surface area contributed by atoms with Gasteiger partial charge in [0.1, 0.15) is 6.61 Å². The molecule has 0 fully saturated rings. The van der Waals surface area contributed by atoms with Crippen LogP contribution in [0.5, 0.6) is 0 Å². The van der Waals surface area contributed by atoms with E-state index in [0.717, 1.165) is 25.8 Å². The largest absolute Gasteiger partial charge is 0.411 e. The van der Waals surface area contributed by atoms with Crippen molar-refractivity contribution in [2.45, 2.75) is 38.8 Å². The van der Waals surface area contributed by atoms with Gasteiger partial charge in [0.25, 0.3) is 0 Å². The molecule has 0 saturated carbocycles. The molecule has 0 aromatic heterocycles. The Kier molecular flexibility index (Phi) is 15.1. The van der Waals surface area contributed by atoms with E-state index in [1.807, 2.05) is 0 Å². The van der Waals surface area contributed by atoms with Crippen molar-refractivity contribution in [2.24, 2.45) is 4.99 Å². The van der Waals surface area contributed by atoms with Gasteiger partial charge in [-0.25, -0.2) is 0 Å². The zero-order chi connectivity index (χ0) is 14.6. The number of nitrogens with one attached hydrogen (secondary N) is 2. The number of halogens is 4. The minimum Gasteiger partial charge on any atom is -0.372 e. The molecule has 0 aromatic rings. The van der Waals surface area contributed by atoms with E-state index in [2.05, 4.69) is 27.3 Å². The molecule has 0 unspecified atom stereocenters. The number of ether oxygens (including phenoxy) is 1. The van der Waals surface area contributed by atoms with Gasteiger partial charge >= 0.3 is 6.18 Å². The standard InChI is InChI=1S/C12H24F3N3O.HI/c1-3-4-5-7-17-11(16-2)18-8-6-9-19-10-12(13,14)15;/h3-10H2,1-2H3,(H2,16,17,18);1H. The number of aliphatic imine (C=N–C) groups is 1. The lowest BCUT2D eigenvalue weighted by Crippen LogP contribution is -2.38. The Balaban J connectivity index is 0. The van der Waals surface area contributed by atoms with E-state index in [0.29, 0.717) is 18.9 Å². The monoisotopic (exact) mass is 411 g/mol. The van der Waals surface area contributed by atoms with E-state index in [1.54, 1.807) is 7.05 Å². The highest BCUT2D eigenvalue weighted by Crippen LogP contribution is 2.14. The molecule has 0 aliphatic heterocycles. The number of guanidine groups is 1. The lowest BCUT2D eigenvalue weighted by atomic mass is 10.2. The molecule has 0 heterocycles. The van der Waals surface area contributed by atoms with E-state index in [4.69, 9.17) is 0 Å². The second-order valence-electron chi connectivity index (χ2n) is 4.15. The van der Waals surface area contributed by atoms with Crippen LogP contribution in [0, 0.1) is 0 Å². The van der Waals surface area contributed by atoms with E-state index in [9.17, 15) is 13.2 Å². The molecular formula is C12H25F3IN3O. The third-order valence-corrected chi connectivity index (χ3v) is 2.32. The Hall–Kier alpha value is -0.250. The molecule has 4 nitrogen and oxygen atoms in total. The lowest BCUT2D eigenvalue weighted by molar-refractivity contribution is -0.173. The van der Waals surface area contributed by atoms with Gasteiger partial charge in [0, 0.05) is 26.7 Å². The summed E-state index contributed by atoms with van der Waals surface area (Å²) in [6.07, 6.45) is -0.346. The van der Waals surface area contributed by atoms with Crippen molar-refractivity contribution in [1.29, 1.82) is 0 Å². The fourth-order valence-corrected chi connectivity index (χ4v) is 1.37. The van der Waals surface area contributed by atoms with E-state index < -0.39 is 12.8 Å². The molecule has 2 N–H and O–H groups in total. The van der Waals surface area contributed by atoms with Crippen molar-refractivity contribution < 1.29 is 17.9 Å². The Bertz CT molecular complexity index is 251. The first-order valence-corrected chi connectivity index (χ1v) is 6.58. The van der Waals surface area contributed by atoms with Crippen molar-refractivity contribution in [3.8, 4) is 0 Å². The van der Waals surface area contributed by atoms with Gasteiger partial charge in [-0.3, -0.25) is 4.99 Å². The summed E-state index contributed by atoms with van der Waals surface area (Å²) in [4.78, 5) is 4.02. The molecule has 0 spiro atoms. The summed E-state index contributed by atoms with van der Waals surface area (Å²) in [6, 6.07) is 0. The van der Waals surface area contributed by atoms with Crippen LogP contribution in [-0.4, -0.2) is 45.5 Å². The first-order valence-electron chi connectivity index (χ1n) is 6.58. The average Bonchev–Trinajstić information content (AvgIpc) is 2.34. The SMILES string of the molecule is CCCCCNC(=NC)NCCCOCC(F)(F)F.I. The molecule has 0 aromatic carbocycles. The fraction of sp³-hybridized carbons (Fsp3) is 0.917. The van der Waals surface area contributed by atoms with Crippen LogP contribution in [-0.2, 0) is 4.74 Å². The van der Waals surface area contributed by atoms with Gasteiger partial charge in [-0.2, -0.15) is 13.2 Å². The van der Waals surface area contributed by atoms with Gasteiger partial charge in [0.05, 0.1) is 0 Å². The molecular weight excluding hydrogens is 386 g/mol. The van der Waals surface area contributed by atoms with Gasteiger partial charge in [0.15, 0.2) is 5.96 Å². The summed E-state index contributed by atoms with van der Waals surface area (Å²) in [5.41, 5.74) is 0. The Morgan fingerprint density at radius 1 is 1.10 bits per heavy atom. The number of rotatable bonds is 9. The highest BCUT2D eigenvalue weighted by Gasteiger charge is 2.27. The molecule has 0 radical (unpaired) electrons. The Morgan fingerprint density at radius 2 is 1.70 bits per heavy atom. The fourth-order valence-electron chi connectivity index (χ4n) is 1.37. The van der Waals surface area contributed by atoms with Gasteiger partial charge in [-0.05, 0) is 12.8 Å². The maximum Gasteiger partial charge on any atom is 0.411 e. The topological polar surface area (TPSA) is 45.7 Å². The second kappa shape index (κ2) is 13.7. The van der Waals surface area contributed by atoms with Crippen molar-refractivity contribution in [3.05, 3.63) is 0 Å². The zero-order valence-corrected chi connectivity index (χ0v) is 14.4. The van der Waals surface area contributed by atoms with Crippen LogP contribution >= 0.6 is 24.0 Å². The molecule has 0 rings (SSSR count). The highest BCUT2D eigenvalue weighted by atomic mass is 127. The molecule has 0 amide bonds. The molecule has 20 heavy (non-hydrogen) atoms. The van der Waals surface area contributed by atoms with Crippen LogP contribution in [0.4, 0.5) is 13.2 Å². The van der Waals surface area contributed by atoms with Crippen LogP contribution in [0.2, 0.25) is 0 Å². The minimum atomic E-state index is -4.25. The molecule has 8 heteroatoms. The van der Waals surface area contributed by atoms with Gasteiger partial charge in [0.2, 0.25) is 0 Å². The molecule has 122 valence electrons. The number of hydrogen-bond acceptors (Lipinski definition) is 2. The first kappa shape index (κ1) is 22.0. The number of unbranched alkanes of at least 4 members (excludes halogenated alkanes) is 2. The maximum absolute atomic E-state index is 11.8. The first-order chi connectivity index (χ1) is 8.99. The Morgan fingerprint density at radius 3 is 2.20 bits per heavy atom. The van der Waals surface area contributed by atoms with E-state index >= 15 is 0 Å². The zero-order valence-electron chi connectivity index (χ0n) is 12.1. The molecule has 0 aliphatic carbocycles. The van der Waals surface area contributed by atoms with Gasteiger partial charge < -0.3 is 15.4 Å². The van der Waals surface area contributed by atoms with Crippen molar-refractivity contribution in [2.75, 3.05) is 33.4 Å². The number of nitrogens with zero attached hydrogens (tertiary/aromatic N) is 1. The average molecular weight is 411 g/mol. The van der Waals surface area contributed by atoms with Gasteiger partial charge in [-0.1, -0.05) is 19.8 Å². The summed E-state index contributed by atoms with van der Waals surface area (Å²) in [5, 5.41) is 6.16. The minimum absolute atomic E-state index is 0. The summed E-state index contributed by atoms with van der Waals surface area (Å²) in [5.74, 6) is 0.673. The number of alkyl halides is 3. The summed E-state index contributed by atoms with van der Waals surface area (Å²) in [7, 11) is 1.66. The van der Waals surface area contributed by atoms with Crippen LogP contribution < -0.4 is 10.6 Å². The lowest BCUT2D eigenvalue weighted by Gasteiger charge is -2.12.